The van der Waals surface area contributed by atoms with E-state index in [-0.39, 0.29) is 11.9 Å². The van der Waals surface area contributed by atoms with Crippen LogP contribution in [0.25, 0.3) is 0 Å². The molecular formula is C25H31FN6O. The molecule has 1 aromatic heterocycles. The maximum atomic E-state index is 15.0. The zero-order valence-electron chi connectivity index (χ0n) is 19.1. The normalized spacial score (nSPS) is 18.9. The molecule has 0 N–H and O–H groups in total. The van der Waals surface area contributed by atoms with Crippen LogP contribution in [0.1, 0.15) is 55.6 Å². The molecule has 0 bridgehead atoms. The Morgan fingerprint density at radius 3 is 2.36 bits per heavy atom. The lowest BCUT2D eigenvalue weighted by Gasteiger charge is -2.40. The molecule has 7 nitrogen and oxygen atoms in total. The van der Waals surface area contributed by atoms with Crippen LogP contribution in [0, 0.1) is 5.82 Å². The van der Waals surface area contributed by atoms with Crippen LogP contribution in [0.4, 0.5) is 10.1 Å². The molecule has 0 spiro atoms. The zero-order valence-corrected chi connectivity index (χ0v) is 19.1. The van der Waals surface area contributed by atoms with E-state index in [1.165, 1.54) is 31.0 Å². The van der Waals surface area contributed by atoms with E-state index >= 15 is 4.39 Å². The molecule has 3 aromatic rings. The molecule has 2 aromatic carbocycles. The van der Waals surface area contributed by atoms with E-state index in [1.54, 1.807) is 13.2 Å². The molecule has 0 amide bonds. The summed E-state index contributed by atoms with van der Waals surface area (Å²) in [7, 11) is 1.68. The smallest absolute Gasteiger partial charge is 0.173 e. The van der Waals surface area contributed by atoms with Crippen molar-refractivity contribution in [2.24, 2.45) is 0 Å². The maximum Gasteiger partial charge on any atom is 0.173 e. The Bertz CT molecular complexity index is 1040. The van der Waals surface area contributed by atoms with Crippen molar-refractivity contribution in [1.29, 1.82) is 0 Å². The summed E-state index contributed by atoms with van der Waals surface area (Å²) < 4.78 is 22.3. The Morgan fingerprint density at radius 2 is 1.67 bits per heavy atom. The summed E-state index contributed by atoms with van der Waals surface area (Å²) in [5.74, 6) is 1.40. The summed E-state index contributed by atoms with van der Waals surface area (Å²) in [6.07, 6.45) is 5.79. The Kier molecular flexibility index (Phi) is 6.53. The van der Waals surface area contributed by atoms with Gasteiger partial charge in [-0.15, -0.1) is 5.10 Å². The van der Waals surface area contributed by atoms with Crippen molar-refractivity contribution in [3.05, 3.63) is 65.7 Å². The molecule has 2 heterocycles. The van der Waals surface area contributed by atoms with E-state index in [0.29, 0.717) is 11.6 Å². The van der Waals surface area contributed by atoms with E-state index in [1.807, 2.05) is 28.9 Å². The first-order valence-corrected chi connectivity index (χ1v) is 11.9. The topological polar surface area (TPSA) is 59.3 Å². The van der Waals surface area contributed by atoms with Crippen LogP contribution in [-0.2, 0) is 0 Å². The molecule has 1 aliphatic heterocycles. The second-order valence-electron chi connectivity index (χ2n) is 8.92. The number of rotatable bonds is 6. The van der Waals surface area contributed by atoms with Gasteiger partial charge in [-0.05, 0) is 53.6 Å². The van der Waals surface area contributed by atoms with E-state index in [9.17, 15) is 0 Å². The fraction of sp³-hybridized carbons (Fsp3) is 0.480. The zero-order chi connectivity index (χ0) is 22.6. The van der Waals surface area contributed by atoms with Crippen molar-refractivity contribution in [3.8, 4) is 5.75 Å². The predicted molar refractivity (Wildman–Crippen MR) is 125 cm³/mol. The number of methoxy groups -OCH3 is 1. The minimum atomic E-state index is -0.304. The lowest BCUT2D eigenvalue weighted by molar-refractivity contribution is 0.190. The highest BCUT2D eigenvalue weighted by Gasteiger charge is 2.34. The number of nitrogens with zero attached hydrogens (tertiary/aromatic N) is 6. The minimum Gasteiger partial charge on any atom is -0.497 e. The van der Waals surface area contributed by atoms with Crippen LogP contribution < -0.4 is 9.64 Å². The molecule has 1 aliphatic carbocycles. The van der Waals surface area contributed by atoms with Gasteiger partial charge in [-0.3, -0.25) is 4.90 Å². The minimum absolute atomic E-state index is 0.210. The van der Waals surface area contributed by atoms with Crippen LogP contribution in [0.2, 0.25) is 0 Å². The van der Waals surface area contributed by atoms with E-state index in [2.05, 4.69) is 37.5 Å². The quantitative estimate of drug-likeness (QED) is 0.560. The van der Waals surface area contributed by atoms with Crippen molar-refractivity contribution in [3.63, 3.8) is 0 Å². The van der Waals surface area contributed by atoms with Crippen LogP contribution in [0.3, 0.4) is 0 Å². The second kappa shape index (κ2) is 9.87. The molecule has 2 aliphatic rings. The van der Waals surface area contributed by atoms with Gasteiger partial charge in [0.2, 0.25) is 0 Å². The van der Waals surface area contributed by atoms with Crippen LogP contribution in [-0.4, -0.2) is 58.4 Å². The average Bonchev–Trinajstić information content (AvgIpc) is 3.36. The summed E-state index contributed by atoms with van der Waals surface area (Å²) in [6, 6.07) is 15.2. The molecule has 8 heteroatoms. The highest BCUT2D eigenvalue weighted by molar-refractivity contribution is 5.49. The molecule has 1 atom stereocenters. The fourth-order valence-electron chi connectivity index (χ4n) is 5.19. The van der Waals surface area contributed by atoms with Crippen LogP contribution >= 0.6 is 0 Å². The number of anilines is 1. The van der Waals surface area contributed by atoms with Gasteiger partial charge >= 0.3 is 0 Å². The van der Waals surface area contributed by atoms with Crippen molar-refractivity contribution < 1.29 is 9.13 Å². The van der Waals surface area contributed by atoms with Crippen molar-refractivity contribution in [2.75, 3.05) is 38.2 Å². The van der Waals surface area contributed by atoms with Gasteiger partial charge in [0, 0.05) is 37.4 Å². The Labute approximate surface area is 194 Å². The van der Waals surface area contributed by atoms with Gasteiger partial charge in [0.15, 0.2) is 5.82 Å². The molecule has 0 radical (unpaired) electrons. The second-order valence-corrected chi connectivity index (χ2v) is 8.92. The molecule has 174 valence electrons. The monoisotopic (exact) mass is 450 g/mol. The lowest BCUT2D eigenvalue weighted by Crippen LogP contribution is -2.48. The van der Waals surface area contributed by atoms with E-state index in [4.69, 9.17) is 4.74 Å². The Hall–Kier alpha value is -3.00. The van der Waals surface area contributed by atoms with Crippen LogP contribution in [0.15, 0.2) is 48.5 Å². The van der Waals surface area contributed by atoms with Gasteiger partial charge in [0.25, 0.3) is 0 Å². The molecule has 5 rings (SSSR count). The highest BCUT2D eigenvalue weighted by atomic mass is 19.1. The first-order chi connectivity index (χ1) is 16.2. The number of halogens is 1. The molecule has 0 unspecified atom stereocenters. The third kappa shape index (κ3) is 4.57. The number of benzene rings is 2. The Morgan fingerprint density at radius 1 is 0.939 bits per heavy atom. The van der Waals surface area contributed by atoms with Gasteiger partial charge in [-0.1, -0.05) is 37.5 Å². The third-order valence-corrected chi connectivity index (χ3v) is 7.00. The number of hydrogen-bond acceptors (Lipinski definition) is 6. The average molecular weight is 451 g/mol. The lowest BCUT2D eigenvalue weighted by atomic mass is 9.95. The van der Waals surface area contributed by atoms with Gasteiger partial charge in [0.1, 0.15) is 17.6 Å². The van der Waals surface area contributed by atoms with Crippen molar-refractivity contribution in [2.45, 2.75) is 44.2 Å². The number of hydrogen-bond donors (Lipinski definition) is 0. The van der Waals surface area contributed by atoms with Crippen molar-refractivity contribution >= 4 is 5.69 Å². The molecule has 2 fully saturated rings. The summed E-state index contributed by atoms with van der Waals surface area (Å²) in [5, 5.41) is 12.9. The maximum absolute atomic E-state index is 15.0. The molecule has 1 saturated heterocycles. The van der Waals surface area contributed by atoms with Crippen molar-refractivity contribution in [1.82, 2.24) is 25.1 Å². The SMILES string of the molecule is COc1ccc(N2CCN([C@@H](c3ccccc3F)c3nnnn3C3CCCCC3)CC2)cc1. The van der Waals surface area contributed by atoms with Gasteiger partial charge in [-0.2, -0.15) is 0 Å². The first kappa shape index (κ1) is 21.8. The first-order valence-electron chi connectivity index (χ1n) is 11.9. The summed E-state index contributed by atoms with van der Waals surface area (Å²) >= 11 is 0. The summed E-state index contributed by atoms with van der Waals surface area (Å²) in [6.45, 7) is 3.29. The fourth-order valence-corrected chi connectivity index (χ4v) is 5.19. The van der Waals surface area contributed by atoms with E-state index < -0.39 is 0 Å². The number of ether oxygens (including phenoxy) is 1. The van der Waals surface area contributed by atoms with E-state index in [0.717, 1.165) is 50.6 Å². The Balaban J connectivity index is 1.41. The largest absolute Gasteiger partial charge is 0.497 e. The van der Waals surface area contributed by atoms with Gasteiger partial charge in [0.05, 0.1) is 13.2 Å². The predicted octanol–water partition coefficient (Wildman–Crippen LogP) is 4.24. The number of aromatic nitrogens is 4. The summed E-state index contributed by atoms with van der Waals surface area (Å²) in [4.78, 5) is 4.68. The van der Waals surface area contributed by atoms with Crippen LogP contribution in [0.5, 0.6) is 5.75 Å². The standard InChI is InChI=1S/C25H31FN6O/c1-33-21-13-11-19(12-14-21)30-15-17-31(18-16-30)24(22-9-5-6-10-23(22)26)25-27-28-29-32(25)20-7-3-2-4-8-20/h5-6,9-14,20,24H,2-4,7-8,15-18H2,1H3/t24-/m0/s1. The van der Waals surface area contributed by atoms with Gasteiger partial charge < -0.3 is 9.64 Å². The molecule has 1 saturated carbocycles. The highest BCUT2D eigenvalue weighted by Crippen LogP contribution is 2.35. The number of piperazine rings is 1. The molecular weight excluding hydrogens is 419 g/mol. The van der Waals surface area contributed by atoms with Gasteiger partial charge in [-0.25, -0.2) is 9.07 Å². The molecule has 33 heavy (non-hydrogen) atoms. The summed E-state index contributed by atoms with van der Waals surface area (Å²) in [5.41, 5.74) is 1.81. The third-order valence-electron chi connectivity index (χ3n) is 7.00. The number of tetrazole rings is 1.